The number of anilines is 2. The molecule has 172 valence electrons. The molecule has 3 N–H and O–H groups in total. The number of pyridine rings is 1. The maximum Gasteiger partial charge on any atom is 0.248 e. The molecule has 1 aromatic heterocycles. The fraction of sp³-hybridized carbons (Fsp3) is 0.455. The number of hydrogen-bond acceptors (Lipinski definition) is 6. The molecule has 10 heteroatoms. The maximum atomic E-state index is 13.7. The molecule has 2 fully saturated rings. The molecule has 1 atom stereocenters. The van der Waals surface area contributed by atoms with Gasteiger partial charge in [0.1, 0.15) is 16.9 Å². The van der Waals surface area contributed by atoms with Crippen molar-refractivity contribution in [2.24, 2.45) is 5.14 Å². The van der Waals surface area contributed by atoms with E-state index in [4.69, 9.17) is 5.14 Å². The molecular weight excluding hydrogens is 439 g/mol. The van der Waals surface area contributed by atoms with Gasteiger partial charge in [0, 0.05) is 56.1 Å². The Morgan fingerprint density at radius 1 is 1.16 bits per heavy atom. The van der Waals surface area contributed by atoms with Gasteiger partial charge < -0.3 is 10.2 Å². The van der Waals surface area contributed by atoms with Crippen LogP contribution in [-0.4, -0.2) is 53.4 Å². The average Bonchev–Trinajstić information content (AvgIpc) is 2.79. The lowest BCUT2D eigenvalue weighted by atomic mass is 9.89. The van der Waals surface area contributed by atoms with E-state index >= 15 is 0 Å². The SMILES string of the molecule is NSc1cc(NC(=O)C2CN(c3ccc(F)cc3)CCN2C2CCC(F)(F)CC2)ccn1. The summed E-state index contributed by atoms with van der Waals surface area (Å²) >= 11 is 0.985. The van der Waals surface area contributed by atoms with Gasteiger partial charge in [-0.15, -0.1) is 0 Å². The highest BCUT2D eigenvalue weighted by Gasteiger charge is 2.42. The van der Waals surface area contributed by atoms with Crippen LogP contribution in [0.2, 0.25) is 0 Å². The number of piperazine rings is 1. The number of carbonyl (C=O) groups is 1. The molecule has 2 heterocycles. The molecule has 0 bridgehead atoms. The van der Waals surface area contributed by atoms with E-state index in [1.54, 1.807) is 30.5 Å². The summed E-state index contributed by atoms with van der Waals surface area (Å²) in [5.74, 6) is -3.17. The van der Waals surface area contributed by atoms with Crippen LogP contribution in [0.4, 0.5) is 24.5 Å². The molecule has 1 amide bonds. The highest BCUT2D eigenvalue weighted by atomic mass is 32.2. The van der Waals surface area contributed by atoms with Crippen molar-refractivity contribution in [1.29, 1.82) is 0 Å². The molecule has 4 rings (SSSR count). The van der Waals surface area contributed by atoms with Crippen molar-refractivity contribution in [3.8, 4) is 0 Å². The fourth-order valence-electron chi connectivity index (χ4n) is 4.49. The molecule has 1 aliphatic carbocycles. The highest BCUT2D eigenvalue weighted by molar-refractivity contribution is 7.97. The molecule has 1 aromatic carbocycles. The van der Waals surface area contributed by atoms with Crippen LogP contribution in [0.1, 0.15) is 25.7 Å². The number of nitrogens with two attached hydrogens (primary N) is 1. The molecule has 1 aliphatic heterocycles. The Hall–Kier alpha value is -2.30. The minimum atomic E-state index is -2.63. The summed E-state index contributed by atoms with van der Waals surface area (Å²) in [5.41, 5.74) is 1.40. The lowest BCUT2D eigenvalue weighted by molar-refractivity contribution is -0.124. The third-order valence-electron chi connectivity index (χ3n) is 6.19. The second-order valence-electron chi connectivity index (χ2n) is 8.25. The summed E-state index contributed by atoms with van der Waals surface area (Å²) in [7, 11) is 0. The van der Waals surface area contributed by atoms with Gasteiger partial charge in [-0.25, -0.2) is 18.2 Å². The minimum absolute atomic E-state index is 0.0756. The van der Waals surface area contributed by atoms with Crippen molar-refractivity contribution in [3.05, 3.63) is 48.4 Å². The van der Waals surface area contributed by atoms with Gasteiger partial charge in [0.15, 0.2) is 0 Å². The van der Waals surface area contributed by atoms with Crippen LogP contribution in [0.25, 0.3) is 0 Å². The molecule has 32 heavy (non-hydrogen) atoms. The van der Waals surface area contributed by atoms with E-state index in [0.29, 0.717) is 43.2 Å². The molecule has 0 spiro atoms. The summed E-state index contributed by atoms with van der Waals surface area (Å²) < 4.78 is 40.8. The zero-order chi connectivity index (χ0) is 22.7. The minimum Gasteiger partial charge on any atom is -0.368 e. The Morgan fingerprint density at radius 2 is 1.88 bits per heavy atom. The normalized spacial score (nSPS) is 22.0. The van der Waals surface area contributed by atoms with Crippen LogP contribution in [0, 0.1) is 5.82 Å². The summed E-state index contributed by atoms with van der Waals surface area (Å²) in [6, 6.07) is 8.93. The van der Waals surface area contributed by atoms with Crippen molar-refractivity contribution in [3.63, 3.8) is 0 Å². The molecule has 2 aromatic rings. The number of hydrogen-bond donors (Lipinski definition) is 2. The fourth-order valence-corrected chi connectivity index (χ4v) is 4.80. The molecule has 2 aliphatic rings. The van der Waals surface area contributed by atoms with E-state index in [9.17, 15) is 18.0 Å². The van der Waals surface area contributed by atoms with Crippen molar-refractivity contribution in [2.75, 3.05) is 29.9 Å². The lowest BCUT2D eigenvalue weighted by Gasteiger charge is -2.46. The highest BCUT2D eigenvalue weighted by Crippen LogP contribution is 2.36. The topological polar surface area (TPSA) is 74.5 Å². The molecule has 1 unspecified atom stereocenters. The molecular formula is C22H26F3N5OS. The van der Waals surface area contributed by atoms with E-state index in [2.05, 4.69) is 15.2 Å². The second kappa shape index (κ2) is 9.68. The first-order chi connectivity index (χ1) is 15.3. The average molecular weight is 466 g/mol. The number of amides is 1. The van der Waals surface area contributed by atoms with Gasteiger partial charge in [0.2, 0.25) is 11.8 Å². The van der Waals surface area contributed by atoms with Gasteiger partial charge in [0.25, 0.3) is 0 Å². The van der Waals surface area contributed by atoms with Gasteiger partial charge in [0.05, 0.1) is 0 Å². The number of halogens is 3. The standard InChI is InChI=1S/C22H26F3N5OS/c23-15-1-3-17(4-2-15)29-11-12-30(18-5-8-22(24,25)9-6-18)19(14-29)21(31)28-16-7-10-27-20(13-16)32-26/h1-4,7,10,13,18-19H,5-6,8-9,11-12,14,26H2,(H,27,28,31). The first-order valence-electron chi connectivity index (χ1n) is 10.6. The number of aromatic nitrogens is 1. The summed E-state index contributed by atoms with van der Waals surface area (Å²) in [6.45, 7) is 1.57. The van der Waals surface area contributed by atoms with Crippen LogP contribution in [0.15, 0.2) is 47.6 Å². The van der Waals surface area contributed by atoms with Crippen molar-refractivity contribution >= 4 is 29.2 Å². The molecule has 0 radical (unpaired) electrons. The summed E-state index contributed by atoms with van der Waals surface area (Å²) in [5, 5.41) is 9.07. The number of nitrogens with zero attached hydrogens (tertiary/aromatic N) is 3. The second-order valence-corrected chi connectivity index (χ2v) is 8.91. The number of carbonyl (C=O) groups excluding carboxylic acids is 1. The van der Waals surface area contributed by atoms with Gasteiger partial charge in [-0.2, -0.15) is 0 Å². The number of benzene rings is 1. The molecule has 6 nitrogen and oxygen atoms in total. The van der Waals surface area contributed by atoms with Crippen LogP contribution in [0.3, 0.4) is 0 Å². The largest absolute Gasteiger partial charge is 0.368 e. The van der Waals surface area contributed by atoms with E-state index in [-0.39, 0.29) is 30.6 Å². The predicted molar refractivity (Wildman–Crippen MR) is 119 cm³/mol. The third kappa shape index (κ3) is 5.36. The van der Waals surface area contributed by atoms with Crippen LogP contribution in [-0.2, 0) is 4.79 Å². The number of alkyl halides is 2. The van der Waals surface area contributed by atoms with E-state index < -0.39 is 12.0 Å². The van der Waals surface area contributed by atoms with Gasteiger partial charge in [-0.1, -0.05) is 0 Å². The quantitative estimate of drug-likeness (QED) is 0.653. The Kier molecular flexibility index (Phi) is 6.92. The Balaban J connectivity index is 1.54. The summed E-state index contributed by atoms with van der Waals surface area (Å²) in [4.78, 5) is 21.5. The molecule has 1 saturated heterocycles. The smallest absolute Gasteiger partial charge is 0.248 e. The Bertz CT molecular complexity index is 935. The van der Waals surface area contributed by atoms with Crippen LogP contribution < -0.4 is 15.4 Å². The van der Waals surface area contributed by atoms with Crippen molar-refractivity contribution in [2.45, 2.75) is 48.7 Å². The zero-order valence-electron chi connectivity index (χ0n) is 17.5. The Morgan fingerprint density at radius 3 is 2.56 bits per heavy atom. The van der Waals surface area contributed by atoms with E-state index in [1.165, 1.54) is 12.1 Å². The first kappa shape index (κ1) is 22.9. The summed E-state index contributed by atoms with van der Waals surface area (Å²) in [6.07, 6.45) is 1.96. The number of nitrogens with one attached hydrogen (secondary N) is 1. The molecule has 1 saturated carbocycles. The monoisotopic (exact) mass is 465 g/mol. The van der Waals surface area contributed by atoms with E-state index in [1.807, 2.05) is 4.90 Å². The third-order valence-corrected chi connectivity index (χ3v) is 6.66. The van der Waals surface area contributed by atoms with E-state index in [0.717, 1.165) is 17.6 Å². The zero-order valence-corrected chi connectivity index (χ0v) is 18.3. The predicted octanol–water partition coefficient (Wildman–Crippen LogP) is 3.89. The van der Waals surface area contributed by atoms with Gasteiger partial charge in [-0.3, -0.25) is 14.8 Å². The maximum absolute atomic E-state index is 13.7. The Labute approximate surface area is 189 Å². The van der Waals surface area contributed by atoms with Gasteiger partial charge >= 0.3 is 0 Å². The van der Waals surface area contributed by atoms with Crippen molar-refractivity contribution < 1.29 is 18.0 Å². The van der Waals surface area contributed by atoms with Crippen molar-refractivity contribution in [1.82, 2.24) is 9.88 Å². The van der Waals surface area contributed by atoms with Crippen LogP contribution >= 0.6 is 11.9 Å². The van der Waals surface area contributed by atoms with Gasteiger partial charge in [-0.05, 0) is 61.2 Å². The number of rotatable bonds is 5. The lowest BCUT2D eigenvalue weighted by Crippen LogP contribution is -2.61. The first-order valence-corrected chi connectivity index (χ1v) is 11.5. The van der Waals surface area contributed by atoms with Crippen LogP contribution in [0.5, 0.6) is 0 Å².